The van der Waals surface area contributed by atoms with E-state index in [4.69, 9.17) is 23.7 Å². The molecular weight excluding hydrogens is 891 g/mol. The second kappa shape index (κ2) is 27.8. The summed E-state index contributed by atoms with van der Waals surface area (Å²) >= 11 is 0. The Hall–Kier alpha value is -6.12. The van der Waals surface area contributed by atoms with E-state index in [2.05, 4.69) is 46.6 Å². The van der Waals surface area contributed by atoms with Crippen LogP contribution in [0.3, 0.4) is 0 Å². The summed E-state index contributed by atoms with van der Waals surface area (Å²) < 4.78 is 28.7. The maximum absolute atomic E-state index is 13.8. The number of piperazine rings is 1. The van der Waals surface area contributed by atoms with E-state index in [1.165, 1.54) is 35.4 Å². The van der Waals surface area contributed by atoms with Gasteiger partial charge >= 0.3 is 0 Å². The van der Waals surface area contributed by atoms with Crippen molar-refractivity contribution >= 4 is 40.0 Å². The lowest BCUT2D eigenvalue weighted by Gasteiger charge is -2.34. The minimum absolute atomic E-state index is 0.0559. The zero-order chi connectivity index (χ0) is 48.8. The molecule has 69 heavy (non-hydrogen) atoms. The van der Waals surface area contributed by atoms with Crippen LogP contribution in [0.4, 0.5) is 0 Å². The van der Waals surface area contributed by atoms with E-state index in [9.17, 15) is 29.5 Å². The number of likely N-dealkylation sites (tertiary alicyclic amines) is 1. The third kappa shape index (κ3) is 15.2. The molecule has 1 atom stereocenters. The molecule has 0 bridgehead atoms. The van der Waals surface area contributed by atoms with Crippen molar-refractivity contribution in [1.29, 1.82) is 5.26 Å². The number of aliphatic hydroxyl groups is 1. The number of hydrogen-bond acceptors (Lipinski definition) is 16. The Bertz CT molecular complexity index is 2350. The van der Waals surface area contributed by atoms with Gasteiger partial charge in [-0.3, -0.25) is 24.1 Å². The molecule has 3 aromatic heterocycles. The Morgan fingerprint density at radius 3 is 2.20 bits per heavy atom. The highest BCUT2D eigenvalue weighted by Gasteiger charge is 2.31. The van der Waals surface area contributed by atoms with Gasteiger partial charge in [0.05, 0.1) is 100 Å². The molecule has 0 saturated carbocycles. The summed E-state index contributed by atoms with van der Waals surface area (Å²) in [6.07, 6.45) is 6.33. The Balaban J connectivity index is 0.890. The van der Waals surface area contributed by atoms with Crippen molar-refractivity contribution in [3.8, 4) is 17.6 Å². The highest BCUT2D eigenvalue weighted by Crippen LogP contribution is 2.33. The number of hydrogen-bond donors (Lipinski definition) is 4. The van der Waals surface area contributed by atoms with Crippen LogP contribution in [0.15, 0.2) is 54.6 Å². The first-order chi connectivity index (χ1) is 33.7. The number of aromatic amines is 1. The van der Waals surface area contributed by atoms with Crippen molar-refractivity contribution in [3.63, 3.8) is 0 Å². The van der Waals surface area contributed by atoms with Gasteiger partial charge < -0.3 is 54.2 Å². The molecule has 0 spiro atoms. The van der Waals surface area contributed by atoms with E-state index >= 15 is 0 Å². The molecule has 6 rings (SSSR count). The van der Waals surface area contributed by atoms with Gasteiger partial charge in [0.1, 0.15) is 12.1 Å². The van der Waals surface area contributed by atoms with E-state index in [-0.39, 0.29) is 48.6 Å². The Morgan fingerprint density at radius 1 is 0.884 bits per heavy atom. The van der Waals surface area contributed by atoms with Gasteiger partial charge in [-0.05, 0) is 43.7 Å². The molecule has 0 aliphatic carbocycles. The monoisotopic (exact) mass is 955 g/mol. The number of carbonyl (C=O) groups excluding carboxylic acids is 4. The SMILES string of the molecule is CCOCCOCCOCCOCCN1CCN(CCC(=O)NCCC[C@@H](CO)NC(=O)c2ncn(-c3ncc(OC)c4c(C(=O)C(=O)N5CCC(=C(C#N)c6ccccc6)CC5)c[nH]c34)n2)CC1. The van der Waals surface area contributed by atoms with Crippen molar-refractivity contribution in [2.24, 2.45) is 0 Å². The molecule has 0 unspecified atom stereocenters. The summed E-state index contributed by atoms with van der Waals surface area (Å²) in [5, 5.41) is 30.2. The number of ether oxygens (including phenoxy) is 5. The number of ketones is 1. The van der Waals surface area contributed by atoms with Gasteiger partial charge in [0.25, 0.3) is 17.6 Å². The van der Waals surface area contributed by atoms with Crippen molar-refractivity contribution in [1.82, 2.24) is 50.1 Å². The maximum atomic E-state index is 13.8. The van der Waals surface area contributed by atoms with Gasteiger partial charge in [0.15, 0.2) is 5.82 Å². The molecule has 4 N–H and O–H groups in total. The van der Waals surface area contributed by atoms with E-state index in [1.807, 2.05) is 37.3 Å². The lowest BCUT2D eigenvalue weighted by Crippen LogP contribution is -2.48. The van der Waals surface area contributed by atoms with E-state index < -0.39 is 23.6 Å². The summed E-state index contributed by atoms with van der Waals surface area (Å²) in [5.41, 5.74) is 2.76. The van der Waals surface area contributed by atoms with Crippen molar-refractivity contribution in [2.45, 2.75) is 45.1 Å². The van der Waals surface area contributed by atoms with Gasteiger partial charge in [-0.2, -0.15) is 9.94 Å². The smallest absolute Gasteiger partial charge is 0.295 e. The fourth-order valence-electron chi connectivity index (χ4n) is 8.14. The number of amides is 3. The largest absolute Gasteiger partial charge is 0.494 e. The molecule has 2 aliphatic rings. The first-order valence-corrected chi connectivity index (χ1v) is 23.7. The molecule has 21 nitrogen and oxygen atoms in total. The molecule has 2 fully saturated rings. The number of piperidine rings is 1. The number of aliphatic hydroxyl groups excluding tert-OH is 1. The number of nitrogens with one attached hydrogen (secondary N) is 3. The van der Waals surface area contributed by atoms with Crippen LogP contribution in [0, 0.1) is 11.3 Å². The number of allylic oxidation sites excluding steroid dienone is 1. The predicted molar refractivity (Wildman–Crippen MR) is 254 cm³/mol. The Labute approximate surface area is 402 Å². The lowest BCUT2D eigenvalue weighted by atomic mass is 9.93. The Morgan fingerprint density at radius 2 is 1.55 bits per heavy atom. The summed E-state index contributed by atoms with van der Waals surface area (Å²) in [7, 11) is 1.43. The fourth-order valence-corrected chi connectivity index (χ4v) is 8.14. The van der Waals surface area contributed by atoms with Crippen molar-refractivity contribution in [3.05, 3.63) is 71.6 Å². The van der Waals surface area contributed by atoms with Crippen LogP contribution in [-0.4, -0.2) is 200 Å². The second-order valence-corrected chi connectivity index (χ2v) is 16.5. The number of carbonyl (C=O) groups is 4. The molecule has 4 aromatic rings. The molecule has 3 amide bonds. The molecule has 21 heteroatoms. The van der Waals surface area contributed by atoms with Crippen LogP contribution in [0.2, 0.25) is 0 Å². The van der Waals surface area contributed by atoms with Crippen LogP contribution in [0.5, 0.6) is 5.75 Å². The van der Waals surface area contributed by atoms with Gasteiger partial charge in [0, 0.05) is 78.1 Å². The Kier molecular flexibility index (Phi) is 21.0. The topological polar surface area (TPSA) is 252 Å². The third-order valence-electron chi connectivity index (χ3n) is 12.0. The second-order valence-electron chi connectivity index (χ2n) is 16.5. The molecule has 1 aromatic carbocycles. The quantitative estimate of drug-likeness (QED) is 0.0275. The number of fused-ring (bicyclic) bond motifs is 1. The van der Waals surface area contributed by atoms with E-state index in [0.717, 1.165) is 43.9 Å². The summed E-state index contributed by atoms with van der Waals surface area (Å²) in [5.74, 6) is -1.84. The third-order valence-corrected chi connectivity index (χ3v) is 12.0. The van der Waals surface area contributed by atoms with E-state index in [1.54, 1.807) is 0 Å². The first kappa shape index (κ1) is 52.3. The van der Waals surface area contributed by atoms with Crippen LogP contribution < -0.4 is 15.4 Å². The van der Waals surface area contributed by atoms with Crippen molar-refractivity contribution in [2.75, 3.05) is 125 Å². The van der Waals surface area contributed by atoms with Gasteiger partial charge in [-0.25, -0.2) is 9.97 Å². The highest BCUT2D eigenvalue weighted by molar-refractivity contribution is 6.45. The number of methoxy groups -OCH3 is 1. The van der Waals surface area contributed by atoms with Gasteiger partial charge in [-0.15, -0.1) is 5.10 Å². The zero-order valence-electron chi connectivity index (χ0n) is 39.7. The number of pyridine rings is 1. The molecule has 0 radical (unpaired) electrons. The molecule has 2 aliphatic heterocycles. The number of rotatable bonds is 28. The minimum atomic E-state index is -0.741. The lowest BCUT2D eigenvalue weighted by molar-refractivity contribution is -0.126. The molecular formula is C48H65N11O10. The number of benzene rings is 1. The first-order valence-electron chi connectivity index (χ1n) is 23.7. The minimum Gasteiger partial charge on any atom is -0.494 e. The van der Waals surface area contributed by atoms with Crippen LogP contribution in [-0.2, 0) is 28.5 Å². The maximum Gasteiger partial charge on any atom is 0.295 e. The molecule has 2 saturated heterocycles. The van der Waals surface area contributed by atoms with Gasteiger partial charge in [0.2, 0.25) is 11.7 Å². The van der Waals surface area contributed by atoms with Crippen LogP contribution in [0.25, 0.3) is 22.3 Å². The molecule has 5 heterocycles. The van der Waals surface area contributed by atoms with Gasteiger partial charge in [-0.1, -0.05) is 30.3 Å². The summed E-state index contributed by atoms with van der Waals surface area (Å²) in [6.45, 7) is 12.3. The van der Waals surface area contributed by atoms with Crippen LogP contribution >= 0.6 is 0 Å². The fraction of sp³-hybridized carbons (Fsp3) is 0.542. The molecule has 372 valence electrons. The standard InChI is InChI=1S/C48H65N11O10/c1-3-66-24-25-68-28-29-69-27-26-67-23-22-57-20-18-56(19-21-57)15-13-41(61)50-14-7-10-37(33-60)54-47(63)45-53-34-59(55-45)46-43-42(40(65-2)32-52-46)39(31-51-43)44(62)48(64)58-16-11-36(12-17-58)38(30-49)35-8-5-4-6-9-35/h4-6,8-9,31-32,34,37,51,60H,3,7,10-29,33H2,1-2H3,(H,50,61)(H,54,63)/t37-/m0/s1. The normalized spacial score (nSPS) is 14.9. The average Bonchev–Trinajstić information content (AvgIpc) is 4.07. The van der Waals surface area contributed by atoms with E-state index in [0.29, 0.717) is 115 Å². The summed E-state index contributed by atoms with van der Waals surface area (Å²) in [4.78, 5) is 71.0. The number of Topliss-reactive ketones (excluding diaryl/α,β-unsaturated/α-hetero) is 1. The number of H-pyrrole nitrogens is 1. The average molecular weight is 956 g/mol. The predicted octanol–water partition coefficient (Wildman–Crippen LogP) is 2.02. The summed E-state index contributed by atoms with van der Waals surface area (Å²) in [6, 6.07) is 11.1. The van der Waals surface area contributed by atoms with Crippen molar-refractivity contribution < 1.29 is 48.0 Å². The van der Waals surface area contributed by atoms with Crippen LogP contribution in [0.1, 0.15) is 65.6 Å². The highest BCUT2D eigenvalue weighted by atomic mass is 16.6. The number of nitrogens with zero attached hydrogens (tertiary/aromatic N) is 8. The number of aromatic nitrogens is 5. The zero-order valence-corrected chi connectivity index (χ0v) is 39.7. The number of nitriles is 1.